The van der Waals surface area contributed by atoms with Crippen LogP contribution >= 0.6 is 11.8 Å². The summed E-state index contributed by atoms with van der Waals surface area (Å²) in [4.78, 5) is 17.8. The summed E-state index contributed by atoms with van der Waals surface area (Å²) in [5, 5.41) is 4.52. The van der Waals surface area contributed by atoms with Gasteiger partial charge in [0.25, 0.3) is 0 Å². The topological polar surface area (TPSA) is 44.7 Å². The first-order valence-corrected chi connectivity index (χ1v) is 7.13. The lowest BCUT2D eigenvalue weighted by Crippen LogP contribution is -2.48. The van der Waals surface area contributed by atoms with Gasteiger partial charge in [0.15, 0.2) is 5.17 Å². The quantitative estimate of drug-likeness (QED) is 0.769. The molecule has 2 heterocycles. The second kappa shape index (κ2) is 4.88. The molecule has 0 aromatic carbocycles. The Hall–Kier alpha value is -0.710. The van der Waals surface area contributed by atoms with Gasteiger partial charge in [0, 0.05) is 38.4 Å². The van der Waals surface area contributed by atoms with E-state index in [1.807, 2.05) is 7.05 Å². The van der Waals surface area contributed by atoms with Crippen molar-refractivity contribution in [3.05, 3.63) is 0 Å². The average Bonchev–Trinajstić information content (AvgIpc) is 2.27. The highest BCUT2D eigenvalue weighted by molar-refractivity contribution is 8.13. The molecule has 96 valence electrons. The van der Waals surface area contributed by atoms with Gasteiger partial charge in [-0.1, -0.05) is 25.6 Å². The number of carbonyl (C=O) groups is 1. The number of likely N-dealkylation sites (tertiary alicyclic amines) is 1. The van der Waals surface area contributed by atoms with Crippen LogP contribution in [0.4, 0.5) is 0 Å². The number of rotatable bonds is 1. The van der Waals surface area contributed by atoms with E-state index in [2.05, 4.69) is 24.2 Å². The van der Waals surface area contributed by atoms with Crippen LogP contribution in [0.5, 0.6) is 0 Å². The van der Waals surface area contributed by atoms with E-state index in [0.717, 1.165) is 30.4 Å². The highest BCUT2D eigenvalue weighted by atomic mass is 32.2. The third-order valence-corrected chi connectivity index (χ3v) is 4.65. The van der Waals surface area contributed by atoms with Gasteiger partial charge in [-0.15, -0.1) is 0 Å². The van der Waals surface area contributed by atoms with Crippen LogP contribution in [0.15, 0.2) is 4.99 Å². The normalized spacial score (nSPS) is 28.9. The first-order valence-electron chi connectivity index (χ1n) is 6.14. The van der Waals surface area contributed by atoms with Crippen LogP contribution in [0, 0.1) is 5.41 Å². The van der Waals surface area contributed by atoms with Crippen LogP contribution in [0.1, 0.15) is 26.7 Å². The second-order valence-corrected chi connectivity index (χ2v) is 6.69. The number of nitrogens with zero attached hydrogens (tertiary/aromatic N) is 2. The lowest BCUT2D eigenvalue weighted by Gasteiger charge is -2.33. The summed E-state index contributed by atoms with van der Waals surface area (Å²) in [6.45, 7) is 6.17. The van der Waals surface area contributed by atoms with Crippen molar-refractivity contribution in [2.75, 3.05) is 25.9 Å². The molecule has 1 amide bonds. The molecular weight excluding hydrogens is 234 g/mol. The fraction of sp³-hybridized carbons (Fsp3) is 0.833. The van der Waals surface area contributed by atoms with E-state index < -0.39 is 0 Å². The fourth-order valence-electron chi connectivity index (χ4n) is 2.03. The van der Waals surface area contributed by atoms with Crippen LogP contribution in [-0.2, 0) is 4.79 Å². The van der Waals surface area contributed by atoms with Crippen LogP contribution in [0.2, 0.25) is 0 Å². The molecule has 0 aromatic heterocycles. The molecule has 5 heteroatoms. The Balaban J connectivity index is 1.86. The van der Waals surface area contributed by atoms with E-state index in [0.29, 0.717) is 17.9 Å². The van der Waals surface area contributed by atoms with Gasteiger partial charge in [-0.3, -0.25) is 9.79 Å². The van der Waals surface area contributed by atoms with E-state index in [-0.39, 0.29) is 5.91 Å². The Bertz CT molecular complexity index is 341. The van der Waals surface area contributed by atoms with Crippen molar-refractivity contribution < 1.29 is 4.79 Å². The molecule has 2 aliphatic heterocycles. The predicted octanol–water partition coefficient (Wildman–Crippen LogP) is 1.33. The van der Waals surface area contributed by atoms with E-state index in [9.17, 15) is 4.79 Å². The van der Waals surface area contributed by atoms with E-state index in [1.165, 1.54) is 0 Å². The minimum atomic E-state index is 0.252. The summed E-state index contributed by atoms with van der Waals surface area (Å²) >= 11 is 1.80. The molecule has 0 radical (unpaired) electrons. The van der Waals surface area contributed by atoms with E-state index in [4.69, 9.17) is 0 Å². The Morgan fingerprint density at radius 1 is 1.53 bits per heavy atom. The van der Waals surface area contributed by atoms with Crippen molar-refractivity contribution in [1.29, 1.82) is 0 Å². The minimum Gasteiger partial charge on any atom is -0.360 e. The molecule has 17 heavy (non-hydrogen) atoms. The number of hydrogen-bond donors (Lipinski definition) is 1. The number of likely N-dealkylation sites (N-methyl/N-ethyl adjacent to an activating group) is 1. The number of carbonyl (C=O) groups excluding carboxylic acids is 1. The first kappa shape index (κ1) is 12.7. The van der Waals surface area contributed by atoms with Gasteiger partial charge in [-0.2, -0.15) is 0 Å². The largest absolute Gasteiger partial charge is 0.360 e. The molecule has 1 unspecified atom stereocenters. The number of amidine groups is 1. The zero-order chi connectivity index (χ0) is 12.5. The maximum absolute atomic E-state index is 11.4. The lowest BCUT2D eigenvalue weighted by atomic mass is 9.97. The Kier molecular flexibility index (Phi) is 3.66. The molecular formula is C12H21N3OS. The molecule has 1 N–H and O–H groups in total. The summed E-state index contributed by atoms with van der Waals surface area (Å²) in [7, 11) is 1.87. The van der Waals surface area contributed by atoms with Crippen LogP contribution < -0.4 is 5.32 Å². The standard InChI is InChI=1S/C12H21N3OS/c1-12(2)7-13-11(17-8-12)14-9-4-5-10(16)15(3)6-9/h9H,4-8H2,1-3H3,(H,13,14). The fourth-order valence-corrected chi connectivity index (χ4v) is 3.06. The highest BCUT2D eigenvalue weighted by Gasteiger charge is 2.27. The monoisotopic (exact) mass is 255 g/mol. The van der Waals surface area contributed by atoms with E-state index in [1.54, 1.807) is 16.7 Å². The third-order valence-electron chi connectivity index (χ3n) is 3.20. The molecule has 0 aromatic rings. The molecule has 0 bridgehead atoms. The SMILES string of the molecule is CN1CC(NC2=NCC(C)(C)CS2)CCC1=O. The van der Waals surface area contributed by atoms with Crippen LogP contribution in [0.25, 0.3) is 0 Å². The molecule has 1 atom stereocenters. The Morgan fingerprint density at radius 2 is 2.29 bits per heavy atom. The second-order valence-electron chi connectivity index (χ2n) is 5.73. The van der Waals surface area contributed by atoms with Crippen molar-refractivity contribution in [2.24, 2.45) is 10.4 Å². The Morgan fingerprint density at radius 3 is 2.88 bits per heavy atom. The third kappa shape index (κ3) is 3.37. The van der Waals surface area contributed by atoms with Crippen molar-refractivity contribution in [3.63, 3.8) is 0 Å². The molecule has 0 aliphatic carbocycles. The molecule has 1 fully saturated rings. The zero-order valence-electron chi connectivity index (χ0n) is 10.8. The zero-order valence-corrected chi connectivity index (χ0v) is 11.6. The first-order chi connectivity index (χ1) is 7.96. The summed E-state index contributed by atoms with van der Waals surface area (Å²) in [5.74, 6) is 1.36. The summed E-state index contributed by atoms with van der Waals surface area (Å²) in [5.41, 5.74) is 0.315. The van der Waals surface area contributed by atoms with Crippen LogP contribution in [0.3, 0.4) is 0 Å². The van der Waals surface area contributed by atoms with Gasteiger partial charge in [0.1, 0.15) is 0 Å². The van der Waals surface area contributed by atoms with Crippen molar-refractivity contribution in [2.45, 2.75) is 32.7 Å². The predicted molar refractivity (Wildman–Crippen MR) is 72.3 cm³/mol. The minimum absolute atomic E-state index is 0.252. The van der Waals surface area contributed by atoms with Gasteiger partial charge in [0.05, 0.1) is 0 Å². The van der Waals surface area contributed by atoms with Gasteiger partial charge in [0.2, 0.25) is 5.91 Å². The molecule has 0 spiro atoms. The van der Waals surface area contributed by atoms with Gasteiger partial charge in [-0.05, 0) is 11.8 Å². The van der Waals surface area contributed by atoms with Crippen molar-refractivity contribution in [1.82, 2.24) is 10.2 Å². The Labute approximate surface area is 107 Å². The van der Waals surface area contributed by atoms with Crippen LogP contribution in [-0.4, -0.2) is 47.9 Å². The number of hydrogen-bond acceptors (Lipinski definition) is 4. The maximum Gasteiger partial charge on any atom is 0.222 e. The highest BCUT2D eigenvalue weighted by Crippen LogP contribution is 2.27. The van der Waals surface area contributed by atoms with Crippen molar-refractivity contribution in [3.8, 4) is 0 Å². The number of aliphatic imine (C=N–C) groups is 1. The van der Waals surface area contributed by atoms with E-state index >= 15 is 0 Å². The maximum atomic E-state index is 11.4. The molecule has 0 saturated carbocycles. The smallest absolute Gasteiger partial charge is 0.222 e. The van der Waals surface area contributed by atoms with Gasteiger partial charge < -0.3 is 10.2 Å². The van der Waals surface area contributed by atoms with Crippen molar-refractivity contribution >= 4 is 22.8 Å². The number of thioether (sulfide) groups is 1. The molecule has 1 saturated heterocycles. The summed E-state index contributed by atoms with van der Waals surface area (Å²) < 4.78 is 0. The summed E-state index contributed by atoms with van der Waals surface area (Å²) in [6.07, 6.45) is 1.57. The molecule has 2 rings (SSSR count). The average molecular weight is 255 g/mol. The summed E-state index contributed by atoms with van der Waals surface area (Å²) in [6, 6.07) is 0.366. The molecule has 4 nitrogen and oxygen atoms in total. The molecule has 2 aliphatic rings. The number of nitrogens with one attached hydrogen (secondary N) is 1. The number of piperidine rings is 1. The van der Waals surface area contributed by atoms with Gasteiger partial charge >= 0.3 is 0 Å². The number of amides is 1. The lowest BCUT2D eigenvalue weighted by molar-refractivity contribution is -0.132. The van der Waals surface area contributed by atoms with Gasteiger partial charge in [-0.25, -0.2) is 0 Å².